The summed E-state index contributed by atoms with van der Waals surface area (Å²) in [6, 6.07) is 59.4. The fourth-order valence-corrected chi connectivity index (χ4v) is 8.79. The Balaban J connectivity index is 1.14. The molecule has 0 fully saturated rings. The van der Waals surface area contributed by atoms with Crippen molar-refractivity contribution < 1.29 is 13.6 Å². The van der Waals surface area contributed by atoms with Crippen LogP contribution in [0.5, 0.6) is 11.5 Å². The van der Waals surface area contributed by atoms with E-state index in [1.807, 2.05) is 48.5 Å². The van der Waals surface area contributed by atoms with E-state index in [2.05, 4.69) is 121 Å². The summed E-state index contributed by atoms with van der Waals surface area (Å²) in [5, 5.41) is 2.42. The lowest BCUT2D eigenvalue weighted by molar-refractivity contribution is 0.436. The summed E-state index contributed by atoms with van der Waals surface area (Å²) >= 11 is 0. The lowest BCUT2D eigenvalue weighted by Gasteiger charge is -2.39. The fourth-order valence-electron chi connectivity index (χ4n) is 8.79. The first-order valence-electron chi connectivity index (χ1n) is 18.1. The molecule has 54 heavy (non-hydrogen) atoms. The van der Waals surface area contributed by atoms with Gasteiger partial charge in [0, 0.05) is 22.3 Å². The van der Waals surface area contributed by atoms with Crippen molar-refractivity contribution in [3.05, 3.63) is 192 Å². The van der Waals surface area contributed by atoms with Gasteiger partial charge < -0.3 is 13.6 Å². The Kier molecular flexibility index (Phi) is 5.92. The summed E-state index contributed by atoms with van der Waals surface area (Å²) in [4.78, 5) is 9.79. The summed E-state index contributed by atoms with van der Waals surface area (Å²) in [5.74, 6) is 2.81. The number of hydrogen-bond donors (Lipinski definition) is 0. The topological polar surface area (TPSA) is 61.3 Å². The summed E-state index contributed by atoms with van der Waals surface area (Å²) in [6.07, 6.45) is 0. The minimum absolute atomic E-state index is 0.541. The van der Waals surface area contributed by atoms with Gasteiger partial charge in [0.1, 0.15) is 22.5 Å². The van der Waals surface area contributed by atoms with Crippen LogP contribution in [0.2, 0.25) is 0 Å². The Bertz CT molecular complexity index is 2970. The van der Waals surface area contributed by atoms with E-state index in [0.717, 1.165) is 67.1 Å². The molecule has 0 atom stereocenters. The molecule has 0 saturated heterocycles. The molecule has 3 heterocycles. The smallest absolute Gasteiger partial charge is 0.227 e. The Morgan fingerprint density at radius 1 is 0.370 bits per heavy atom. The molecule has 0 bridgehead atoms. The number of nitrogens with zero attached hydrogens (tertiary/aromatic N) is 2. The van der Waals surface area contributed by atoms with E-state index in [1.54, 1.807) is 0 Å². The van der Waals surface area contributed by atoms with Crippen molar-refractivity contribution >= 4 is 33.0 Å². The Labute approximate surface area is 309 Å². The van der Waals surface area contributed by atoms with Crippen LogP contribution in [0.25, 0.3) is 78.1 Å². The molecule has 2 aliphatic rings. The number of rotatable bonds is 3. The van der Waals surface area contributed by atoms with Crippen molar-refractivity contribution in [2.45, 2.75) is 5.41 Å². The van der Waals surface area contributed by atoms with Gasteiger partial charge in [-0.1, -0.05) is 97.1 Å². The standard InChI is InChI=1S/C49H28N2O3/c1-2-12-30-27-40-36(26-29(30)11-1)35-22-21-31(28-39(35)49(40)37-13-3-7-17-43(37)52-44-18-8-4-14-38(44)49)32-23-33(47-50-41-15-5-9-19-45(41)53-47)25-34(24-32)48-51-42-16-6-10-20-46(42)54-48/h1-28H. The van der Waals surface area contributed by atoms with Gasteiger partial charge in [-0.3, -0.25) is 0 Å². The van der Waals surface area contributed by atoms with Gasteiger partial charge in [0.25, 0.3) is 0 Å². The average Bonchev–Trinajstić information content (AvgIpc) is 3.94. The predicted octanol–water partition coefficient (Wildman–Crippen LogP) is 12.6. The molecule has 0 amide bonds. The molecule has 252 valence electrons. The monoisotopic (exact) mass is 692 g/mol. The largest absolute Gasteiger partial charge is 0.457 e. The molecule has 1 spiro atoms. The van der Waals surface area contributed by atoms with Crippen molar-refractivity contribution in [3.8, 4) is 56.7 Å². The Morgan fingerprint density at radius 2 is 0.889 bits per heavy atom. The normalized spacial score (nSPS) is 13.5. The lowest BCUT2D eigenvalue weighted by atomic mass is 9.65. The van der Waals surface area contributed by atoms with Gasteiger partial charge >= 0.3 is 0 Å². The first-order chi connectivity index (χ1) is 26.7. The van der Waals surface area contributed by atoms with E-state index < -0.39 is 5.41 Å². The van der Waals surface area contributed by atoms with Crippen molar-refractivity contribution in [2.24, 2.45) is 0 Å². The Hall–Kier alpha value is -7.24. The van der Waals surface area contributed by atoms with Crippen LogP contribution in [0.3, 0.4) is 0 Å². The highest BCUT2D eigenvalue weighted by Crippen LogP contribution is 2.63. The molecule has 1 aliphatic heterocycles. The van der Waals surface area contributed by atoms with Crippen molar-refractivity contribution in [1.82, 2.24) is 9.97 Å². The average molecular weight is 693 g/mol. The second-order valence-electron chi connectivity index (χ2n) is 14.1. The highest BCUT2D eigenvalue weighted by atomic mass is 16.5. The van der Waals surface area contributed by atoms with Crippen LogP contribution < -0.4 is 4.74 Å². The predicted molar refractivity (Wildman–Crippen MR) is 213 cm³/mol. The minimum atomic E-state index is -0.614. The number of oxazole rings is 2. The lowest BCUT2D eigenvalue weighted by Crippen LogP contribution is -2.32. The quantitative estimate of drug-likeness (QED) is 0.184. The zero-order valence-corrected chi connectivity index (χ0v) is 28.8. The van der Waals surface area contributed by atoms with Gasteiger partial charge in [-0.2, -0.15) is 0 Å². The van der Waals surface area contributed by atoms with Crippen molar-refractivity contribution in [2.75, 3.05) is 0 Å². The first kappa shape index (κ1) is 29.3. The third kappa shape index (κ3) is 4.09. The van der Waals surface area contributed by atoms with Crippen LogP contribution >= 0.6 is 0 Å². The summed E-state index contributed by atoms with van der Waals surface area (Å²) in [5.41, 5.74) is 13.4. The third-order valence-electron chi connectivity index (χ3n) is 11.2. The van der Waals surface area contributed by atoms with Gasteiger partial charge in [0.2, 0.25) is 11.8 Å². The van der Waals surface area contributed by atoms with E-state index in [1.165, 1.54) is 33.0 Å². The number of para-hydroxylation sites is 6. The summed E-state index contributed by atoms with van der Waals surface area (Å²) < 4.78 is 19.3. The minimum Gasteiger partial charge on any atom is -0.457 e. The van der Waals surface area contributed by atoms with Crippen LogP contribution in [0.1, 0.15) is 22.3 Å². The van der Waals surface area contributed by atoms with Crippen molar-refractivity contribution in [3.63, 3.8) is 0 Å². The summed E-state index contributed by atoms with van der Waals surface area (Å²) in [7, 11) is 0. The highest BCUT2D eigenvalue weighted by molar-refractivity contribution is 5.98. The van der Waals surface area contributed by atoms with E-state index in [0.29, 0.717) is 11.8 Å². The van der Waals surface area contributed by atoms with Gasteiger partial charge in [0.05, 0.1) is 5.41 Å². The molecular formula is C49H28N2O3. The molecule has 2 aromatic heterocycles. The SMILES string of the molecule is c1ccc2c(c1)Oc1ccccc1C21c2cc(-c3cc(-c4nc5ccccc5o4)cc(-c4nc5ccccc5o4)c3)ccc2-c2cc3ccccc3cc21. The number of fused-ring (bicyclic) bond motifs is 12. The molecular weight excluding hydrogens is 665 g/mol. The van der Waals surface area contributed by atoms with E-state index >= 15 is 0 Å². The molecule has 0 unspecified atom stereocenters. The summed E-state index contributed by atoms with van der Waals surface area (Å²) in [6.45, 7) is 0. The van der Waals surface area contributed by atoms with Gasteiger partial charge in [0.15, 0.2) is 11.2 Å². The fraction of sp³-hybridized carbons (Fsp3) is 0.0204. The Morgan fingerprint density at radius 3 is 1.52 bits per heavy atom. The van der Waals surface area contributed by atoms with Crippen LogP contribution in [-0.4, -0.2) is 9.97 Å². The van der Waals surface area contributed by atoms with Gasteiger partial charge in [-0.25, -0.2) is 9.97 Å². The third-order valence-corrected chi connectivity index (χ3v) is 11.2. The maximum Gasteiger partial charge on any atom is 0.227 e. The van der Waals surface area contributed by atoms with E-state index in [4.69, 9.17) is 23.5 Å². The number of benzene rings is 8. The molecule has 8 aromatic carbocycles. The number of hydrogen-bond acceptors (Lipinski definition) is 5. The molecule has 5 nitrogen and oxygen atoms in total. The highest BCUT2D eigenvalue weighted by Gasteiger charge is 2.51. The maximum atomic E-state index is 6.64. The van der Waals surface area contributed by atoms with E-state index in [9.17, 15) is 0 Å². The second-order valence-corrected chi connectivity index (χ2v) is 14.1. The molecule has 0 N–H and O–H groups in total. The van der Waals surface area contributed by atoms with Gasteiger partial charge in [-0.05, 0) is 117 Å². The zero-order chi connectivity index (χ0) is 35.4. The molecule has 1 aliphatic carbocycles. The first-order valence-corrected chi connectivity index (χ1v) is 18.1. The molecule has 12 rings (SSSR count). The maximum absolute atomic E-state index is 6.64. The number of aromatic nitrogens is 2. The molecule has 0 radical (unpaired) electrons. The van der Waals surface area contributed by atoms with Crippen LogP contribution in [0.4, 0.5) is 0 Å². The number of ether oxygens (including phenoxy) is 1. The second kappa shape index (κ2) is 10.9. The zero-order valence-electron chi connectivity index (χ0n) is 28.8. The van der Waals surface area contributed by atoms with Crippen LogP contribution in [0, 0.1) is 0 Å². The van der Waals surface area contributed by atoms with E-state index in [-0.39, 0.29) is 0 Å². The van der Waals surface area contributed by atoms with Crippen LogP contribution in [-0.2, 0) is 5.41 Å². The molecule has 0 saturated carbocycles. The van der Waals surface area contributed by atoms with Crippen LogP contribution in [0.15, 0.2) is 179 Å². The molecule has 5 heteroatoms. The van der Waals surface area contributed by atoms with Gasteiger partial charge in [-0.15, -0.1) is 0 Å². The van der Waals surface area contributed by atoms with Crippen molar-refractivity contribution in [1.29, 1.82) is 0 Å². The molecule has 10 aromatic rings.